The lowest BCUT2D eigenvalue weighted by molar-refractivity contribution is -0.120. The molecular weight excluding hydrogens is 348 g/mol. The molecule has 1 fully saturated rings. The first-order valence-electron chi connectivity index (χ1n) is 8.76. The molecule has 0 saturated heterocycles. The van der Waals surface area contributed by atoms with Crippen molar-refractivity contribution in [2.45, 2.75) is 25.7 Å². The van der Waals surface area contributed by atoms with Crippen molar-refractivity contribution in [2.24, 2.45) is 5.92 Å². The number of H-pyrrole nitrogens is 1. The number of aromatic nitrogens is 2. The van der Waals surface area contributed by atoms with Crippen LogP contribution in [-0.2, 0) is 22.4 Å². The summed E-state index contributed by atoms with van der Waals surface area (Å²) >= 11 is 1.36. The van der Waals surface area contributed by atoms with E-state index in [4.69, 9.17) is 0 Å². The van der Waals surface area contributed by atoms with Gasteiger partial charge in [-0.2, -0.15) is 0 Å². The van der Waals surface area contributed by atoms with Crippen LogP contribution < -0.4 is 10.6 Å². The summed E-state index contributed by atoms with van der Waals surface area (Å²) in [7, 11) is 0. The van der Waals surface area contributed by atoms with Crippen LogP contribution >= 0.6 is 11.3 Å². The zero-order chi connectivity index (χ0) is 17.9. The molecule has 1 aromatic carbocycles. The lowest BCUT2D eigenvalue weighted by Crippen LogP contribution is -2.27. The van der Waals surface area contributed by atoms with Gasteiger partial charge in [0, 0.05) is 34.9 Å². The van der Waals surface area contributed by atoms with Crippen molar-refractivity contribution in [3.63, 3.8) is 0 Å². The summed E-state index contributed by atoms with van der Waals surface area (Å²) in [5.41, 5.74) is 2.99. The summed E-state index contributed by atoms with van der Waals surface area (Å²) in [6.07, 6.45) is 4.91. The van der Waals surface area contributed by atoms with Gasteiger partial charge in [-0.1, -0.05) is 18.2 Å². The van der Waals surface area contributed by atoms with Gasteiger partial charge in [0.25, 0.3) is 0 Å². The van der Waals surface area contributed by atoms with Gasteiger partial charge in [0.05, 0.1) is 12.1 Å². The normalized spacial score (nSPS) is 13.7. The lowest BCUT2D eigenvalue weighted by atomic mass is 10.1. The molecular formula is C19H20N4O2S. The van der Waals surface area contributed by atoms with Crippen molar-refractivity contribution < 1.29 is 9.59 Å². The van der Waals surface area contributed by atoms with Crippen LogP contribution in [0, 0.1) is 5.92 Å². The maximum atomic E-state index is 12.1. The fourth-order valence-corrected chi connectivity index (χ4v) is 3.61. The molecule has 0 unspecified atom stereocenters. The number of fused-ring (bicyclic) bond motifs is 1. The van der Waals surface area contributed by atoms with E-state index in [2.05, 4.69) is 26.7 Å². The van der Waals surface area contributed by atoms with Gasteiger partial charge in [-0.05, 0) is 30.9 Å². The van der Waals surface area contributed by atoms with E-state index in [9.17, 15) is 9.59 Å². The first-order valence-corrected chi connectivity index (χ1v) is 9.64. The van der Waals surface area contributed by atoms with Gasteiger partial charge in [-0.25, -0.2) is 4.98 Å². The number of anilines is 1. The van der Waals surface area contributed by atoms with Crippen molar-refractivity contribution in [1.29, 1.82) is 0 Å². The van der Waals surface area contributed by atoms with Crippen LogP contribution in [0.5, 0.6) is 0 Å². The molecule has 1 aliphatic rings. The molecule has 0 atom stereocenters. The smallest absolute Gasteiger partial charge is 0.229 e. The predicted octanol–water partition coefficient (Wildman–Crippen LogP) is 2.87. The van der Waals surface area contributed by atoms with E-state index in [1.54, 1.807) is 0 Å². The second kappa shape index (κ2) is 7.29. The Bertz CT molecular complexity index is 942. The number of aromatic amines is 1. The van der Waals surface area contributed by atoms with E-state index in [0.717, 1.165) is 24.8 Å². The molecule has 2 aromatic heterocycles. The highest BCUT2D eigenvalue weighted by Gasteiger charge is 2.30. The minimum Gasteiger partial charge on any atom is -0.361 e. The van der Waals surface area contributed by atoms with Crippen molar-refractivity contribution in [3.05, 3.63) is 47.1 Å². The Kier molecular flexibility index (Phi) is 4.71. The first-order chi connectivity index (χ1) is 12.7. The minimum absolute atomic E-state index is 0.0362. The third-order valence-electron chi connectivity index (χ3n) is 4.46. The SMILES string of the molecule is O=C(Cc1csc(NC(=O)C2CC2)n1)NCCc1c[nH]c2ccccc12. The van der Waals surface area contributed by atoms with E-state index in [1.165, 1.54) is 22.3 Å². The molecule has 2 amide bonds. The number of benzene rings is 1. The van der Waals surface area contributed by atoms with Crippen LogP contribution in [0.3, 0.4) is 0 Å². The maximum absolute atomic E-state index is 12.1. The van der Waals surface area contributed by atoms with Crippen LogP contribution in [0.15, 0.2) is 35.8 Å². The number of hydrogen-bond acceptors (Lipinski definition) is 4. The van der Waals surface area contributed by atoms with Gasteiger partial charge in [0.2, 0.25) is 11.8 Å². The highest BCUT2D eigenvalue weighted by Crippen LogP contribution is 2.30. The molecule has 134 valence electrons. The van der Waals surface area contributed by atoms with Gasteiger partial charge in [-0.15, -0.1) is 11.3 Å². The van der Waals surface area contributed by atoms with Crippen molar-refractivity contribution in [3.8, 4) is 0 Å². The first kappa shape index (κ1) is 16.8. The Morgan fingerprint density at radius 2 is 2.12 bits per heavy atom. The Hall–Kier alpha value is -2.67. The largest absolute Gasteiger partial charge is 0.361 e. The molecule has 6 nitrogen and oxygen atoms in total. The van der Waals surface area contributed by atoms with E-state index >= 15 is 0 Å². The second-order valence-electron chi connectivity index (χ2n) is 6.54. The number of nitrogens with zero attached hydrogens (tertiary/aromatic N) is 1. The highest BCUT2D eigenvalue weighted by atomic mass is 32.1. The summed E-state index contributed by atoms with van der Waals surface area (Å²) in [5, 5.41) is 9.33. The summed E-state index contributed by atoms with van der Waals surface area (Å²) < 4.78 is 0. The molecule has 4 rings (SSSR count). The van der Waals surface area contributed by atoms with Gasteiger partial charge in [0.15, 0.2) is 5.13 Å². The van der Waals surface area contributed by atoms with Gasteiger partial charge >= 0.3 is 0 Å². The summed E-state index contributed by atoms with van der Waals surface area (Å²) in [6.45, 7) is 0.579. The van der Waals surface area contributed by atoms with Crippen LogP contribution in [0.1, 0.15) is 24.1 Å². The predicted molar refractivity (Wildman–Crippen MR) is 102 cm³/mol. The molecule has 2 heterocycles. The summed E-state index contributed by atoms with van der Waals surface area (Å²) in [4.78, 5) is 31.4. The Morgan fingerprint density at radius 1 is 1.27 bits per heavy atom. The van der Waals surface area contributed by atoms with Crippen LogP contribution in [0.4, 0.5) is 5.13 Å². The lowest BCUT2D eigenvalue weighted by Gasteiger charge is -2.04. The number of nitrogens with one attached hydrogen (secondary N) is 3. The molecule has 0 spiro atoms. The fourth-order valence-electron chi connectivity index (χ4n) is 2.90. The van der Waals surface area contributed by atoms with E-state index in [-0.39, 0.29) is 24.2 Å². The molecule has 1 saturated carbocycles. The highest BCUT2D eigenvalue weighted by molar-refractivity contribution is 7.13. The molecule has 0 aliphatic heterocycles. The topological polar surface area (TPSA) is 86.9 Å². The standard InChI is InChI=1S/C19H20N4O2S/c24-17(9-14-11-26-19(22-14)23-18(25)12-5-6-12)20-8-7-13-10-21-16-4-2-1-3-15(13)16/h1-4,10-12,21H,5-9H2,(H,20,24)(H,22,23,25). The van der Waals surface area contributed by atoms with Crippen LogP contribution in [0.2, 0.25) is 0 Å². The average molecular weight is 368 g/mol. The zero-order valence-electron chi connectivity index (χ0n) is 14.2. The molecule has 3 aromatic rings. The van der Waals surface area contributed by atoms with Gasteiger partial charge in [0.1, 0.15) is 0 Å². The van der Waals surface area contributed by atoms with Crippen molar-refractivity contribution >= 4 is 39.2 Å². The second-order valence-corrected chi connectivity index (χ2v) is 7.40. The van der Waals surface area contributed by atoms with E-state index < -0.39 is 0 Å². The Balaban J connectivity index is 1.25. The minimum atomic E-state index is -0.0600. The number of para-hydroxylation sites is 1. The van der Waals surface area contributed by atoms with Gasteiger partial charge in [-0.3, -0.25) is 9.59 Å². The maximum Gasteiger partial charge on any atom is 0.229 e. The molecule has 1 aliphatic carbocycles. The number of hydrogen-bond donors (Lipinski definition) is 3. The summed E-state index contributed by atoms with van der Waals surface area (Å²) in [5.74, 6) is 0.124. The Morgan fingerprint density at radius 3 is 2.96 bits per heavy atom. The van der Waals surface area contributed by atoms with Crippen molar-refractivity contribution in [1.82, 2.24) is 15.3 Å². The van der Waals surface area contributed by atoms with Crippen LogP contribution in [-0.4, -0.2) is 28.3 Å². The third kappa shape index (κ3) is 3.94. The number of carbonyl (C=O) groups excluding carboxylic acids is 2. The molecule has 0 bridgehead atoms. The van der Waals surface area contributed by atoms with E-state index in [1.807, 2.05) is 29.8 Å². The monoisotopic (exact) mass is 368 g/mol. The third-order valence-corrected chi connectivity index (χ3v) is 5.27. The number of carbonyl (C=O) groups is 2. The van der Waals surface area contributed by atoms with Crippen molar-refractivity contribution in [2.75, 3.05) is 11.9 Å². The fraction of sp³-hybridized carbons (Fsp3) is 0.316. The number of thiazole rings is 1. The molecule has 26 heavy (non-hydrogen) atoms. The molecule has 0 radical (unpaired) electrons. The zero-order valence-corrected chi connectivity index (χ0v) is 15.1. The quantitative estimate of drug-likeness (QED) is 0.599. The molecule has 3 N–H and O–H groups in total. The van der Waals surface area contributed by atoms with Gasteiger partial charge < -0.3 is 15.6 Å². The Labute approximate surface area is 155 Å². The molecule has 7 heteroatoms. The number of amides is 2. The van der Waals surface area contributed by atoms with E-state index in [0.29, 0.717) is 17.4 Å². The summed E-state index contributed by atoms with van der Waals surface area (Å²) in [6, 6.07) is 8.13. The average Bonchev–Trinajstić information content (AvgIpc) is 3.29. The van der Waals surface area contributed by atoms with Crippen LogP contribution in [0.25, 0.3) is 10.9 Å². The number of rotatable bonds is 7.